The topological polar surface area (TPSA) is 49.8 Å². The minimum absolute atomic E-state index is 0.496. The van der Waals surface area contributed by atoms with Gasteiger partial charge >= 0.3 is 0 Å². The molecule has 0 saturated heterocycles. The van der Waals surface area contributed by atoms with Crippen LogP contribution in [0.15, 0.2) is 84.9 Å². The van der Waals surface area contributed by atoms with Crippen LogP contribution in [0.25, 0.3) is 21.5 Å². The van der Waals surface area contributed by atoms with Crippen molar-refractivity contribution in [1.82, 2.24) is 9.97 Å². The highest BCUT2D eigenvalue weighted by Gasteiger charge is 2.12. The van der Waals surface area contributed by atoms with Crippen LogP contribution in [0.1, 0.15) is 5.69 Å². The van der Waals surface area contributed by atoms with Gasteiger partial charge in [-0.3, -0.25) is 0 Å². The number of nitrogens with one attached hydrogen (secondary N) is 2. The number of halogens is 1. The van der Waals surface area contributed by atoms with Crippen LogP contribution in [0, 0.1) is 6.92 Å². The van der Waals surface area contributed by atoms with Gasteiger partial charge in [0.1, 0.15) is 5.02 Å². The molecule has 0 fully saturated rings. The monoisotopic (exact) mass is 410 g/mol. The molecule has 0 saturated carbocycles. The molecule has 1 heterocycles. The summed E-state index contributed by atoms with van der Waals surface area (Å²) in [7, 11) is 0. The lowest BCUT2D eigenvalue weighted by molar-refractivity contribution is 1.11. The first-order valence-electron chi connectivity index (χ1n) is 9.73. The van der Waals surface area contributed by atoms with Crippen LogP contribution in [0.5, 0.6) is 0 Å². The summed E-state index contributed by atoms with van der Waals surface area (Å²) in [4.78, 5) is 9.22. The quantitative estimate of drug-likeness (QED) is 0.328. The average Bonchev–Trinajstić information content (AvgIpc) is 2.78. The number of aromatic nitrogens is 2. The van der Waals surface area contributed by atoms with E-state index in [-0.39, 0.29) is 0 Å². The third-order valence-corrected chi connectivity index (χ3v) is 5.55. The molecule has 0 atom stereocenters. The highest BCUT2D eigenvalue weighted by molar-refractivity contribution is 6.33. The van der Waals surface area contributed by atoms with Crippen molar-refractivity contribution >= 4 is 56.3 Å². The number of fused-ring (bicyclic) bond motifs is 2. The molecular weight excluding hydrogens is 392 g/mol. The van der Waals surface area contributed by atoms with Gasteiger partial charge in [0.2, 0.25) is 5.95 Å². The Labute approximate surface area is 179 Å². The van der Waals surface area contributed by atoms with Crippen molar-refractivity contribution in [2.45, 2.75) is 6.92 Å². The lowest BCUT2D eigenvalue weighted by atomic mass is 10.1. The van der Waals surface area contributed by atoms with Gasteiger partial charge in [-0.15, -0.1) is 0 Å². The lowest BCUT2D eigenvalue weighted by Crippen LogP contribution is -2.04. The zero-order valence-electron chi connectivity index (χ0n) is 16.4. The first kappa shape index (κ1) is 18.4. The lowest BCUT2D eigenvalue weighted by Gasteiger charge is -2.14. The maximum Gasteiger partial charge on any atom is 0.229 e. The fourth-order valence-corrected chi connectivity index (χ4v) is 3.75. The highest BCUT2D eigenvalue weighted by atomic mass is 35.5. The Balaban J connectivity index is 1.54. The molecule has 0 bridgehead atoms. The molecule has 5 heteroatoms. The van der Waals surface area contributed by atoms with E-state index in [9.17, 15) is 0 Å². The summed E-state index contributed by atoms with van der Waals surface area (Å²) >= 11 is 6.55. The summed E-state index contributed by atoms with van der Waals surface area (Å²) in [6, 6.07) is 28.7. The SMILES string of the molecule is Cc1nc(Nc2cccc3ccccc23)nc(Nc2cccc3ccccc23)c1Cl. The van der Waals surface area contributed by atoms with Crippen LogP contribution in [0.4, 0.5) is 23.1 Å². The van der Waals surface area contributed by atoms with Gasteiger partial charge in [-0.2, -0.15) is 4.98 Å². The molecule has 0 spiro atoms. The van der Waals surface area contributed by atoms with Gasteiger partial charge < -0.3 is 10.6 Å². The van der Waals surface area contributed by atoms with Crippen molar-refractivity contribution in [1.29, 1.82) is 0 Å². The Kier molecular flexibility index (Phi) is 4.69. The van der Waals surface area contributed by atoms with Crippen LogP contribution in [0.3, 0.4) is 0 Å². The van der Waals surface area contributed by atoms with Gasteiger partial charge in [-0.1, -0.05) is 84.4 Å². The second kappa shape index (κ2) is 7.65. The van der Waals surface area contributed by atoms with E-state index < -0.39 is 0 Å². The molecule has 146 valence electrons. The average molecular weight is 411 g/mol. The van der Waals surface area contributed by atoms with E-state index in [1.54, 1.807) is 0 Å². The molecule has 5 rings (SSSR count). The van der Waals surface area contributed by atoms with E-state index in [0.29, 0.717) is 22.5 Å². The molecule has 0 radical (unpaired) electrons. The van der Waals surface area contributed by atoms with E-state index in [1.165, 1.54) is 0 Å². The standard InChI is InChI=1S/C25H19ClN4/c1-16-23(26)24(28-21-14-6-10-17-8-2-4-12-19(17)21)30-25(27-16)29-22-15-7-11-18-9-3-5-13-20(18)22/h2-15H,1H3,(H2,27,28,29,30). The smallest absolute Gasteiger partial charge is 0.229 e. The van der Waals surface area contributed by atoms with Gasteiger partial charge in [-0.05, 0) is 29.8 Å². The Bertz CT molecular complexity index is 1370. The van der Waals surface area contributed by atoms with E-state index in [1.807, 2.05) is 55.5 Å². The van der Waals surface area contributed by atoms with E-state index in [2.05, 4.69) is 57.0 Å². The van der Waals surface area contributed by atoms with Crippen molar-refractivity contribution in [2.75, 3.05) is 10.6 Å². The van der Waals surface area contributed by atoms with Crippen molar-refractivity contribution in [2.24, 2.45) is 0 Å². The van der Waals surface area contributed by atoms with E-state index in [0.717, 1.165) is 32.9 Å². The Hall–Kier alpha value is -3.63. The van der Waals surface area contributed by atoms with Gasteiger partial charge in [0.05, 0.1) is 5.69 Å². The Morgan fingerprint density at radius 3 is 1.80 bits per heavy atom. The molecule has 0 aliphatic carbocycles. The summed E-state index contributed by atoms with van der Waals surface area (Å²) in [6.07, 6.45) is 0. The first-order valence-corrected chi connectivity index (χ1v) is 10.1. The maximum absolute atomic E-state index is 6.55. The van der Waals surface area contributed by atoms with Gasteiger partial charge in [-0.25, -0.2) is 4.98 Å². The molecule has 4 nitrogen and oxygen atoms in total. The minimum Gasteiger partial charge on any atom is -0.338 e. The first-order chi connectivity index (χ1) is 14.7. The third kappa shape index (κ3) is 3.42. The molecule has 5 aromatic rings. The van der Waals surface area contributed by atoms with E-state index >= 15 is 0 Å². The molecule has 1 aromatic heterocycles. The van der Waals surface area contributed by atoms with Crippen LogP contribution < -0.4 is 10.6 Å². The normalized spacial score (nSPS) is 11.0. The van der Waals surface area contributed by atoms with Crippen molar-refractivity contribution < 1.29 is 0 Å². The fourth-order valence-electron chi connectivity index (χ4n) is 3.61. The minimum atomic E-state index is 0.496. The Morgan fingerprint density at radius 2 is 1.17 bits per heavy atom. The molecule has 30 heavy (non-hydrogen) atoms. The largest absolute Gasteiger partial charge is 0.338 e. The summed E-state index contributed by atoms with van der Waals surface area (Å²) in [5.41, 5.74) is 2.60. The van der Waals surface area contributed by atoms with Crippen molar-refractivity contribution in [3.05, 3.63) is 95.6 Å². The molecule has 0 aliphatic heterocycles. The summed E-state index contributed by atoms with van der Waals surface area (Å²) < 4.78 is 0. The van der Waals surface area contributed by atoms with Crippen molar-refractivity contribution in [3.63, 3.8) is 0 Å². The van der Waals surface area contributed by atoms with Crippen molar-refractivity contribution in [3.8, 4) is 0 Å². The van der Waals surface area contributed by atoms with Crippen LogP contribution in [0.2, 0.25) is 5.02 Å². The molecular formula is C25H19ClN4. The molecule has 0 unspecified atom stereocenters. The predicted octanol–water partition coefficient (Wildman–Crippen LogP) is 7.23. The molecule has 0 amide bonds. The summed E-state index contributed by atoms with van der Waals surface area (Å²) in [5, 5.41) is 11.8. The number of hydrogen-bond donors (Lipinski definition) is 2. The number of nitrogens with zero attached hydrogens (tertiary/aromatic N) is 2. The summed E-state index contributed by atoms with van der Waals surface area (Å²) in [6.45, 7) is 1.88. The zero-order chi connectivity index (χ0) is 20.5. The second-order valence-corrected chi connectivity index (χ2v) is 7.48. The van der Waals surface area contributed by atoms with Gasteiger partial charge in [0.15, 0.2) is 5.82 Å². The third-order valence-electron chi connectivity index (χ3n) is 5.10. The van der Waals surface area contributed by atoms with E-state index in [4.69, 9.17) is 11.6 Å². The van der Waals surface area contributed by atoms with Gasteiger partial charge in [0.25, 0.3) is 0 Å². The van der Waals surface area contributed by atoms with Crippen LogP contribution in [-0.2, 0) is 0 Å². The number of benzene rings is 4. The molecule has 0 aliphatic rings. The highest BCUT2D eigenvalue weighted by Crippen LogP contribution is 2.32. The maximum atomic E-state index is 6.55. The number of aryl methyl sites for hydroxylation is 1. The molecule has 4 aromatic carbocycles. The second-order valence-electron chi connectivity index (χ2n) is 7.10. The Morgan fingerprint density at radius 1 is 0.633 bits per heavy atom. The fraction of sp³-hybridized carbons (Fsp3) is 0.0400. The predicted molar refractivity (Wildman–Crippen MR) is 126 cm³/mol. The zero-order valence-corrected chi connectivity index (χ0v) is 17.1. The number of hydrogen-bond acceptors (Lipinski definition) is 4. The van der Waals surface area contributed by atoms with Crippen LogP contribution >= 0.6 is 11.6 Å². The van der Waals surface area contributed by atoms with Crippen LogP contribution in [-0.4, -0.2) is 9.97 Å². The van der Waals surface area contributed by atoms with Gasteiger partial charge in [0, 0.05) is 22.1 Å². The number of rotatable bonds is 4. The summed E-state index contributed by atoms with van der Waals surface area (Å²) in [5.74, 6) is 1.07. The number of anilines is 4. The molecule has 2 N–H and O–H groups in total.